The normalized spacial score (nSPS) is 29.7. The lowest BCUT2D eigenvalue weighted by Gasteiger charge is -2.38. The molecule has 18 heavy (non-hydrogen) atoms. The molecule has 0 amide bonds. The van der Waals surface area contributed by atoms with Gasteiger partial charge in [0.25, 0.3) is 0 Å². The first kappa shape index (κ1) is 11.9. The third kappa shape index (κ3) is 2.49. The molecule has 0 aromatic carbocycles. The van der Waals surface area contributed by atoms with E-state index in [1.807, 2.05) is 12.3 Å². The number of aromatic nitrogens is 1. The predicted octanol–water partition coefficient (Wildman–Crippen LogP) is 1.08. The second kappa shape index (κ2) is 5.24. The van der Waals surface area contributed by atoms with Crippen molar-refractivity contribution < 1.29 is 0 Å². The Hall–Kier alpha value is -1.13. The number of hydrogen-bond acceptors (Lipinski definition) is 4. The number of nitrogens with two attached hydrogens (primary N) is 1. The molecule has 2 fully saturated rings. The van der Waals surface area contributed by atoms with Gasteiger partial charge in [0.2, 0.25) is 0 Å². The molecule has 3 rings (SSSR count). The van der Waals surface area contributed by atoms with Crippen molar-refractivity contribution in [1.82, 2.24) is 9.88 Å². The van der Waals surface area contributed by atoms with Crippen LogP contribution in [0.3, 0.4) is 0 Å². The summed E-state index contributed by atoms with van der Waals surface area (Å²) >= 11 is 0. The van der Waals surface area contributed by atoms with Crippen molar-refractivity contribution in [3.63, 3.8) is 0 Å². The molecule has 1 aliphatic heterocycles. The van der Waals surface area contributed by atoms with Crippen LogP contribution in [0, 0.1) is 0 Å². The van der Waals surface area contributed by atoms with Crippen LogP contribution in [-0.2, 0) is 0 Å². The van der Waals surface area contributed by atoms with Crippen molar-refractivity contribution in [2.75, 3.05) is 31.1 Å². The van der Waals surface area contributed by atoms with Crippen LogP contribution in [0.2, 0.25) is 0 Å². The van der Waals surface area contributed by atoms with Gasteiger partial charge in [-0.3, -0.25) is 4.90 Å². The van der Waals surface area contributed by atoms with Gasteiger partial charge in [0, 0.05) is 44.5 Å². The molecule has 1 aromatic heterocycles. The van der Waals surface area contributed by atoms with E-state index in [1.165, 1.54) is 19.3 Å². The molecule has 4 nitrogen and oxygen atoms in total. The topological polar surface area (TPSA) is 45.4 Å². The Labute approximate surface area is 109 Å². The molecular formula is C14H22N4. The summed E-state index contributed by atoms with van der Waals surface area (Å²) in [7, 11) is 0. The molecule has 1 saturated heterocycles. The van der Waals surface area contributed by atoms with Gasteiger partial charge in [-0.15, -0.1) is 0 Å². The largest absolute Gasteiger partial charge is 0.354 e. The van der Waals surface area contributed by atoms with Gasteiger partial charge in [0.1, 0.15) is 5.82 Å². The number of pyridine rings is 1. The minimum atomic E-state index is 0.434. The summed E-state index contributed by atoms with van der Waals surface area (Å²) in [6.45, 7) is 4.47. The minimum Gasteiger partial charge on any atom is -0.354 e. The van der Waals surface area contributed by atoms with Crippen molar-refractivity contribution in [1.29, 1.82) is 0 Å². The number of hydrogen-bond donors (Lipinski definition) is 1. The monoisotopic (exact) mass is 246 g/mol. The zero-order valence-corrected chi connectivity index (χ0v) is 10.8. The lowest BCUT2D eigenvalue weighted by molar-refractivity contribution is 0.186. The molecule has 0 radical (unpaired) electrons. The van der Waals surface area contributed by atoms with Crippen LogP contribution in [0.15, 0.2) is 24.4 Å². The molecule has 1 saturated carbocycles. The second-order valence-electron chi connectivity index (χ2n) is 5.44. The Balaban J connectivity index is 1.55. The van der Waals surface area contributed by atoms with Crippen LogP contribution in [0.5, 0.6) is 0 Å². The third-order valence-corrected chi connectivity index (χ3v) is 4.25. The Morgan fingerprint density at radius 1 is 1.11 bits per heavy atom. The summed E-state index contributed by atoms with van der Waals surface area (Å²) in [5.74, 6) is 1.11. The number of rotatable bonds is 2. The lowest BCUT2D eigenvalue weighted by Crippen LogP contribution is -2.50. The molecule has 98 valence electrons. The number of piperazine rings is 1. The summed E-state index contributed by atoms with van der Waals surface area (Å²) in [5.41, 5.74) is 6.00. The number of nitrogens with zero attached hydrogens (tertiary/aromatic N) is 3. The van der Waals surface area contributed by atoms with Crippen molar-refractivity contribution in [3.8, 4) is 0 Å². The van der Waals surface area contributed by atoms with Crippen LogP contribution in [0.4, 0.5) is 5.82 Å². The Morgan fingerprint density at radius 3 is 2.56 bits per heavy atom. The molecular weight excluding hydrogens is 224 g/mol. The molecule has 2 N–H and O–H groups in total. The highest BCUT2D eigenvalue weighted by atomic mass is 15.3. The summed E-state index contributed by atoms with van der Waals surface area (Å²) in [5, 5.41) is 0. The van der Waals surface area contributed by atoms with Crippen molar-refractivity contribution in [3.05, 3.63) is 24.4 Å². The highest BCUT2D eigenvalue weighted by Crippen LogP contribution is 2.24. The van der Waals surface area contributed by atoms with Crippen molar-refractivity contribution >= 4 is 5.82 Å². The summed E-state index contributed by atoms with van der Waals surface area (Å²) in [4.78, 5) is 9.42. The van der Waals surface area contributed by atoms with Crippen LogP contribution >= 0.6 is 0 Å². The van der Waals surface area contributed by atoms with E-state index in [-0.39, 0.29) is 0 Å². The zero-order chi connectivity index (χ0) is 12.4. The van der Waals surface area contributed by atoms with Gasteiger partial charge in [-0.1, -0.05) is 6.07 Å². The van der Waals surface area contributed by atoms with Crippen molar-refractivity contribution in [2.24, 2.45) is 5.73 Å². The maximum absolute atomic E-state index is 6.00. The molecule has 2 atom stereocenters. The van der Waals surface area contributed by atoms with E-state index in [0.717, 1.165) is 38.0 Å². The minimum absolute atomic E-state index is 0.434. The van der Waals surface area contributed by atoms with Gasteiger partial charge in [0.05, 0.1) is 0 Å². The van der Waals surface area contributed by atoms with Gasteiger partial charge in [-0.25, -0.2) is 4.98 Å². The summed E-state index contributed by atoms with van der Waals surface area (Å²) in [6, 6.07) is 7.29. The first-order valence-corrected chi connectivity index (χ1v) is 6.98. The highest BCUT2D eigenvalue weighted by Gasteiger charge is 2.29. The highest BCUT2D eigenvalue weighted by molar-refractivity contribution is 5.38. The Bertz CT molecular complexity index is 373. The third-order valence-electron chi connectivity index (χ3n) is 4.25. The van der Waals surface area contributed by atoms with Gasteiger partial charge in [-0.05, 0) is 31.4 Å². The lowest BCUT2D eigenvalue weighted by atomic mass is 10.1. The molecule has 4 heteroatoms. The Morgan fingerprint density at radius 2 is 1.94 bits per heavy atom. The van der Waals surface area contributed by atoms with E-state index < -0.39 is 0 Å². The first-order chi connectivity index (χ1) is 8.83. The Kier molecular flexibility index (Phi) is 3.48. The predicted molar refractivity (Wildman–Crippen MR) is 73.6 cm³/mol. The first-order valence-electron chi connectivity index (χ1n) is 6.98. The van der Waals surface area contributed by atoms with Crippen LogP contribution in [-0.4, -0.2) is 48.1 Å². The molecule has 1 aromatic rings. The quantitative estimate of drug-likeness (QED) is 0.848. The fourth-order valence-corrected chi connectivity index (χ4v) is 3.18. The molecule has 1 aliphatic carbocycles. The standard InChI is InChI=1S/C14H22N4/c15-12-4-5-13(11-12)17-7-9-18(10-8-17)14-3-1-2-6-16-14/h1-3,6,12-13H,4-5,7-11,15H2. The summed E-state index contributed by atoms with van der Waals surface area (Å²) in [6.07, 6.45) is 5.54. The van der Waals surface area contributed by atoms with E-state index in [4.69, 9.17) is 5.73 Å². The van der Waals surface area contributed by atoms with Gasteiger partial charge in [-0.2, -0.15) is 0 Å². The number of anilines is 1. The molecule has 2 unspecified atom stereocenters. The maximum Gasteiger partial charge on any atom is 0.128 e. The van der Waals surface area contributed by atoms with Gasteiger partial charge >= 0.3 is 0 Å². The molecule has 2 aliphatic rings. The summed E-state index contributed by atoms with van der Waals surface area (Å²) < 4.78 is 0. The van der Waals surface area contributed by atoms with Crippen molar-refractivity contribution in [2.45, 2.75) is 31.3 Å². The van der Waals surface area contributed by atoms with Crippen LogP contribution in [0.1, 0.15) is 19.3 Å². The van der Waals surface area contributed by atoms with Gasteiger partial charge < -0.3 is 10.6 Å². The van der Waals surface area contributed by atoms with E-state index in [1.54, 1.807) is 0 Å². The SMILES string of the molecule is NC1CCC(N2CCN(c3ccccn3)CC2)C1. The van der Waals surface area contributed by atoms with E-state index in [0.29, 0.717) is 6.04 Å². The average molecular weight is 246 g/mol. The van der Waals surface area contributed by atoms with E-state index in [9.17, 15) is 0 Å². The second-order valence-corrected chi connectivity index (χ2v) is 5.44. The smallest absolute Gasteiger partial charge is 0.128 e. The fraction of sp³-hybridized carbons (Fsp3) is 0.643. The zero-order valence-electron chi connectivity index (χ0n) is 10.8. The van der Waals surface area contributed by atoms with Crippen LogP contribution < -0.4 is 10.6 Å². The molecule has 0 spiro atoms. The maximum atomic E-state index is 6.00. The van der Waals surface area contributed by atoms with E-state index >= 15 is 0 Å². The van der Waals surface area contributed by atoms with Gasteiger partial charge in [0.15, 0.2) is 0 Å². The molecule has 2 heterocycles. The van der Waals surface area contributed by atoms with Crippen LogP contribution in [0.25, 0.3) is 0 Å². The van der Waals surface area contributed by atoms with E-state index in [2.05, 4.69) is 26.9 Å². The fourth-order valence-electron chi connectivity index (χ4n) is 3.18. The average Bonchev–Trinajstić information content (AvgIpc) is 2.87. The molecule has 0 bridgehead atoms.